The molecule has 0 spiro atoms. The molecule has 1 aliphatic rings. The first-order chi connectivity index (χ1) is 9.20. The third-order valence-corrected chi connectivity index (χ3v) is 4.33. The van der Waals surface area contributed by atoms with E-state index in [0.717, 1.165) is 19.1 Å². The fourth-order valence-electron chi connectivity index (χ4n) is 2.28. The van der Waals surface area contributed by atoms with Crippen molar-refractivity contribution in [2.45, 2.75) is 31.7 Å². The molecular weight excluding hydrogens is 284 g/mol. The van der Waals surface area contributed by atoms with Crippen LogP contribution in [0.4, 0.5) is 4.79 Å². The van der Waals surface area contributed by atoms with Crippen molar-refractivity contribution in [1.82, 2.24) is 9.80 Å². The Kier molecular flexibility index (Phi) is 5.79. The van der Waals surface area contributed by atoms with Gasteiger partial charge in [-0.2, -0.15) is 0 Å². The second-order valence-corrected chi connectivity index (χ2v) is 7.53. The summed E-state index contributed by atoms with van der Waals surface area (Å²) in [5.41, 5.74) is 0. The molecule has 116 valence electrons. The summed E-state index contributed by atoms with van der Waals surface area (Å²) in [4.78, 5) is 26.0. The predicted molar refractivity (Wildman–Crippen MR) is 74.3 cm³/mol. The molecule has 1 unspecified atom stereocenters. The quantitative estimate of drug-likeness (QED) is 0.794. The van der Waals surface area contributed by atoms with Crippen molar-refractivity contribution >= 4 is 21.8 Å². The van der Waals surface area contributed by atoms with E-state index in [4.69, 9.17) is 5.11 Å². The lowest BCUT2D eigenvalue weighted by atomic mass is 10.00. The van der Waals surface area contributed by atoms with E-state index in [2.05, 4.69) is 0 Å². The zero-order chi connectivity index (χ0) is 15.3. The molecule has 1 N–H and O–H groups in total. The minimum Gasteiger partial charge on any atom is -0.481 e. The molecule has 1 rings (SSSR count). The summed E-state index contributed by atoms with van der Waals surface area (Å²) in [6.07, 6.45) is 3.50. The van der Waals surface area contributed by atoms with Gasteiger partial charge in [-0.15, -0.1) is 0 Å². The topological polar surface area (TPSA) is 95.0 Å². The first-order valence-electron chi connectivity index (χ1n) is 6.62. The molecule has 0 bridgehead atoms. The van der Waals surface area contributed by atoms with Gasteiger partial charge in [-0.25, -0.2) is 13.2 Å². The highest BCUT2D eigenvalue weighted by Crippen LogP contribution is 2.21. The van der Waals surface area contributed by atoms with Crippen LogP contribution >= 0.6 is 0 Å². The maximum atomic E-state index is 12.3. The van der Waals surface area contributed by atoms with Crippen molar-refractivity contribution in [3.63, 3.8) is 0 Å². The van der Waals surface area contributed by atoms with E-state index >= 15 is 0 Å². The van der Waals surface area contributed by atoms with Crippen molar-refractivity contribution < 1.29 is 23.1 Å². The number of piperidine rings is 1. The predicted octanol–water partition coefficient (Wildman–Crippen LogP) is 0.412. The van der Waals surface area contributed by atoms with Crippen LogP contribution in [0.15, 0.2) is 0 Å². The number of hydrogen-bond donors (Lipinski definition) is 1. The SMILES string of the molecule is CN(CCS(C)(=O)=O)C(=O)N1CCCCC1CC(=O)O. The van der Waals surface area contributed by atoms with Gasteiger partial charge in [0.2, 0.25) is 0 Å². The van der Waals surface area contributed by atoms with Crippen LogP contribution in [0.3, 0.4) is 0 Å². The highest BCUT2D eigenvalue weighted by Gasteiger charge is 2.30. The van der Waals surface area contributed by atoms with Crippen LogP contribution in [-0.2, 0) is 14.6 Å². The maximum Gasteiger partial charge on any atom is 0.320 e. The fourth-order valence-corrected chi connectivity index (χ4v) is 2.89. The zero-order valence-corrected chi connectivity index (χ0v) is 12.7. The molecular formula is C12H22N2O5S. The van der Waals surface area contributed by atoms with E-state index in [-0.39, 0.29) is 30.8 Å². The molecule has 1 aliphatic heterocycles. The lowest BCUT2D eigenvalue weighted by Crippen LogP contribution is -2.50. The van der Waals surface area contributed by atoms with Crippen molar-refractivity contribution in [2.24, 2.45) is 0 Å². The molecule has 7 nitrogen and oxygen atoms in total. The number of carbonyl (C=O) groups excluding carboxylic acids is 1. The summed E-state index contributed by atoms with van der Waals surface area (Å²) in [5.74, 6) is -1.01. The number of urea groups is 1. The van der Waals surface area contributed by atoms with Crippen LogP contribution in [0.1, 0.15) is 25.7 Å². The molecule has 0 radical (unpaired) electrons. The number of aliphatic carboxylic acids is 1. The zero-order valence-electron chi connectivity index (χ0n) is 11.9. The van der Waals surface area contributed by atoms with Crippen LogP contribution in [0, 0.1) is 0 Å². The number of amides is 2. The first kappa shape index (κ1) is 16.7. The summed E-state index contributed by atoms with van der Waals surface area (Å²) >= 11 is 0. The second-order valence-electron chi connectivity index (χ2n) is 5.27. The Morgan fingerprint density at radius 1 is 1.35 bits per heavy atom. The number of sulfone groups is 1. The monoisotopic (exact) mass is 306 g/mol. The van der Waals surface area contributed by atoms with Gasteiger partial charge in [0.05, 0.1) is 12.2 Å². The van der Waals surface area contributed by atoms with E-state index in [0.29, 0.717) is 13.0 Å². The summed E-state index contributed by atoms with van der Waals surface area (Å²) in [5, 5.41) is 8.88. The number of rotatable bonds is 5. The van der Waals surface area contributed by atoms with Crippen LogP contribution < -0.4 is 0 Å². The highest BCUT2D eigenvalue weighted by molar-refractivity contribution is 7.90. The molecule has 0 aromatic heterocycles. The molecule has 1 heterocycles. The number of carboxylic acid groups (broad SMARTS) is 1. The Hall–Kier alpha value is -1.31. The van der Waals surface area contributed by atoms with E-state index in [1.54, 1.807) is 11.9 Å². The molecule has 1 saturated heterocycles. The summed E-state index contributed by atoms with van der Waals surface area (Å²) in [7, 11) is -1.58. The Morgan fingerprint density at radius 3 is 2.55 bits per heavy atom. The molecule has 2 amide bonds. The molecule has 1 atom stereocenters. The van der Waals surface area contributed by atoms with Gasteiger partial charge in [-0.1, -0.05) is 0 Å². The van der Waals surface area contributed by atoms with Gasteiger partial charge in [0.1, 0.15) is 9.84 Å². The largest absolute Gasteiger partial charge is 0.481 e. The molecule has 0 aromatic carbocycles. The Balaban J connectivity index is 2.64. The maximum absolute atomic E-state index is 12.3. The third kappa shape index (κ3) is 5.36. The van der Waals surface area contributed by atoms with Crippen molar-refractivity contribution in [3.05, 3.63) is 0 Å². The standard InChI is InChI=1S/C12H22N2O5S/c1-13(7-8-20(2,18)19)12(17)14-6-4-3-5-10(14)9-11(15)16/h10H,3-9H2,1-2H3,(H,15,16). The molecule has 8 heteroatoms. The molecule has 1 fully saturated rings. The van der Waals surface area contributed by atoms with Crippen LogP contribution in [0.25, 0.3) is 0 Å². The third-order valence-electron chi connectivity index (χ3n) is 3.41. The number of nitrogens with zero attached hydrogens (tertiary/aromatic N) is 2. The van der Waals surface area contributed by atoms with Gasteiger partial charge in [0.15, 0.2) is 0 Å². The molecule has 0 aliphatic carbocycles. The van der Waals surface area contributed by atoms with Crippen molar-refractivity contribution in [1.29, 1.82) is 0 Å². The summed E-state index contributed by atoms with van der Waals surface area (Å²) < 4.78 is 22.2. The summed E-state index contributed by atoms with van der Waals surface area (Å²) in [6.45, 7) is 0.647. The van der Waals surface area contributed by atoms with E-state index in [1.807, 2.05) is 0 Å². The number of carboxylic acids is 1. The highest BCUT2D eigenvalue weighted by atomic mass is 32.2. The second kappa shape index (κ2) is 6.92. The van der Waals surface area contributed by atoms with Crippen LogP contribution in [0.5, 0.6) is 0 Å². The first-order valence-corrected chi connectivity index (χ1v) is 8.68. The number of hydrogen-bond acceptors (Lipinski definition) is 4. The lowest BCUT2D eigenvalue weighted by Gasteiger charge is -2.37. The van der Waals surface area contributed by atoms with Crippen molar-refractivity contribution in [2.75, 3.05) is 32.1 Å². The minimum atomic E-state index is -3.12. The smallest absolute Gasteiger partial charge is 0.320 e. The normalized spacial score (nSPS) is 19.7. The van der Waals surface area contributed by atoms with E-state index in [9.17, 15) is 18.0 Å². The van der Waals surface area contributed by atoms with Gasteiger partial charge in [-0.3, -0.25) is 4.79 Å². The average molecular weight is 306 g/mol. The lowest BCUT2D eigenvalue weighted by molar-refractivity contribution is -0.138. The summed E-state index contributed by atoms with van der Waals surface area (Å²) in [6, 6.07) is -0.589. The van der Waals surface area contributed by atoms with E-state index < -0.39 is 15.8 Å². The minimum absolute atomic E-state index is 0.0638. The van der Waals surface area contributed by atoms with Crippen LogP contribution in [0.2, 0.25) is 0 Å². The molecule has 0 aromatic rings. The Morgan fingerprint density at radius 2 is 2.00 bits per heavy atom. The van der Waals surface area contributed by atoms with Gasteiger partial charge in [0, 0.05) is 32.4 Å². The Bertz CT molecular complexity index is 462. The number of carbonyl (C=O) groups is 2. The van der Waals surface area contributed by atoms with E-state index in [1.165, 1.54) is 4.90 Å². The Labute approximate surface area is 119 Å². The van der Waals surface area contributed by atoms with Gasteiger partial charge < -0.3 is 14.9 Å². The van der Waals surface area contributed by atoms with Gasteiger partial charge in [0.25, 0.3) is 0 Å². The fraction of sp³-hybridized carbons (Fsp3) is 0.833. The van der Waals surface area contributed by atoms with Crippen molar-refractivity contribution in [3.8, 4) is 0 Å². The number of likely N-dealkylation sites (tertiary alicyclic amines) is 1. The van der Waals surface area contributed by atoms with Gasteiger partial charge >= 0.3 is 12.0 Å². The van der Waals surface area contributed by atoms with Crippen LogP contribution in [-0.4, -0.2) is 73.5 Å². The molecule has 20 heavy (non-hydrogen) atoms. The molecule has 0 saturated carbocycles. The van der Waals surface area contributed by atoms with Gasteiger partial charge in [-0.05, 0) is 19.3 Å². The average Bonchev–Trinajstić information content (AvgIpc) is 2.34.